The molecule has 0 saturated heterocycles. The predicted molar refractivity (Wildman–Crippen MR) is 89.7 cm³/mol. The highest BCUT2D eigenvalue weighted by Crippen LogP contribution is 2.20. The van der Waals surface area contributed by atoms with Crippen molar-refractivity contribution < 1.29 is 4.79 Å². The summed E-state index contributed by atoms with van der Waals surface area (Å²) in [6.07, 6.45) is 0. The fraction of sp³-hybridized carbons (Fsp3) is 0. The number of amides is 1. The van der Waals surface area contributed by atoms with E-state index in [1.165, 1.54) is 6.07 Å². The van der Waals surface area contributed by atoms with Gasteiger partial charge in [0.05, 0.1) is 5.69 Å². The number of nitrogens with zero attached hydrogens (tertiary/aromatic N) is 1. The van der Waals surface area contributed by atoms with E-state index in [0.717, 1.165) is 5.56 Å². The Morgan fingerprint density at radius 1 is 1.04 bits per heavy atom. The molecule has 1 amide bonds. The number of carbonyl (C=O) groups is 1. The summed E-state index contributed by atoms with van der Waals surface area (Å²) in [5, 5.41) is 9.75. The van der Waals surface area contributed by atoms with Crippen molar-refractivity contribution in [2.45, 2.75) is 0 Å². The molecule has 0 atom stereocenters. The molecule has 3 aromatic rings. The second kappa shape index (κ2) is 6.46. The summed E-state index contributed by atoms with van der Waals surface area (Å²) in [7, 11) is 0. The molecule has 0 spiro atoms. The van der Waals surface area contributed by atoms with Crippen molar-refractivity contribution in [3.63, 3.8) is 0 Å². The minimum atomic E-state index is -0.263. The summed E-state index contributed by atoms with van der Waals surface area (Å²) in [5.74, 6) is -0.228. The first-order valence-corrected chi connectivity index (χ1v) is 7.23. The van der Waals surface area contributed by atoms with Crippen molar-refractivity contribution in [3.8, 4) is 11.3 Å². The Hall–Kier alpha value is -2.92. The van der Waals surface area contributed by atoms with E-state index in [1.807, 2.05) is 6.07 Å². The monoisotopic (exact) mass is 325 g/mol. The predicted octanol–water partition coefficient (Wildman–Crippen LogP) is 3.34. The zero-order valence-electron chi connectivity index (χ0n) is 11.9. The number of H-pyrrole nitrogens is 1. The van der Waals surface area contributed by atoms with E-state index >= 15 is 0 Å². The third-order valence-electron chi connectivity index (χ3n) is 3.20. The molecule has 2 aromatic carbocycles. The summed E-state index contributed by atoms with van der Waals surface area (Å²) in [5.41, 5.74) is 2.29. The lowest BCUT2D eigenvalue weighted by molar-refractivity contribution is 0.102. The molecule has 0 unspecified atom stereocenters. The van der Waals surface area contributed by atoms with Crippen molar-refractivity contribution in [3.05, 3.63) is 81.6 Å². The van der Waals surface area contributed by atoms with Gasteiger partial charge in [0.25, 0.3) is 11.5 Å². The van der Waals surface area contributed by atoms with Crippen molar-refractivity contribution in [1.29, 1.82) is 0 Å². The largest absolute Gasteiger partial charge is 0.322 e. The zero-order valence-corrected chi connectivity index (χ0v) is 12.7. The average Bonchev–Trinajstić information content (AvgIpc) is 2.56. The summed E-state index contributed by atoms with van der Waals surface area (Å²) in [6, 6.07) is 16.9. The van der Waals surface area contributed by atoms with E-state index in [0.29, 0.717) is 22.0 Å². The fourth-order valence-corrected chi connectivity index (χ4v) is 2.19. The molecular weight excluding hydrogens is 314 g/mol. The molecule has 0 aliphatic carbocycles. The number of nitrogens with one attached hydrogen (secondary N) is 2. The van der Waals surface area contributed by atoms with Gasteiger partial charge in [0.1, 0.15) is 0 Å². The van der Waals surface area contributed by atoms with Crippen molar-refractivity contribution >= 4 is 23.2 Å². The van der Waals surface area contributed by atoms with Crippen LogP contribution in [0.4, 0.5) is 5.69 Å². The van der Waals surface area contributed by atoms with E-state index in [-0.39, 0.29) is 11.5 Å². The van der Waals surface area contributed by atoms with Crippen molar-refractivity contribution in [1.82, 2.24) is 10.2 Å². The summed E-state index contributed by atoms with van der Waals surface area (Å²) in [4.78, 5) is 23.3. The van der Waals surface area contributed by atoms with E-state index in [2.05, 4.69) is 15.5 Å². The van der Waals surface area contributed by atoms with Crippen LogP contribution in [0.15, 0.2) is 65.5 Å². The number of hydrogen-bond acceptors (Lipinski definition) is 3. The van der Waals surface area contributed by atoms with Crippen LogP contribution in [0.3, 0.4) is 0 Å². The van der Waals surface area contributed by atoms with Crippen LogP contribution in [-0.2, 0) is 0 Å². The Kier molecular flexibility index (Phi) is 4.21. The SMILES string of the molecule is O=C(Nc1cccc(-c2ccc(=O)[nH]n2)c1)c1ccc(Cl)cc1. The summed E-state index contributed by atoms with van der Waals surface area (Å²) >= 11 is 5.81. The number of aromatic amines is 1. The minimum absolute atomic E-state index is 0.228. The van der Waals surface area contributed by atoms with Gasteiger partial charge >= 0.3 is 0 Å². The lowest BCUT2D eigenvalue weighted by Gasteiger charge is -2.07. The second-order valence-corrected chi connectivity index (χ2v) is 5.28. The standard InChI is InChI=1S/C17H12ClN3O2/c18-13-6-4-11(5-7-13)17(23)19-14-3-1-2-12(10-14)15-8-9-16(22)21-20-15/h1-10H,(H,19,23)(H,21,22). The molecule has 5 nitrogen and oxygen atoms in total. The third kappa shape index (κ3) is 3.64. The van der Waals surface area contributed by atoms with Crippen LogP contribution in [0.5, 0.6) is 0 Å². The highest BCUT2D eigenvalue weighted by molar-refractivity contribution is 6.30. The number of anilines is 1. The van der Waals surface area contributed by atoms with Crippen LogP contribution in [-0.4, -0.2) is 16.1 Å². The first-order valence-electron chi connectivity index (χ1n) is 6.85. The van der Waals surface area contributed by atoms with Gasteiger partial charge in [-0.1, -0.05) is 23.7 Å². The van der Waals surface area contributed by atoms with E-state index in [4.69, 9.17) is 11.6 Å². The number of hydrogen-bond donors (Lipinski definition) is 2. The van der Waals surface area contributed by atoms with Crippen molar-refractivity contribution in [2.75, 3.05) is 5.32 Å². The highest BCUT2D eigenvalue weighted by atomic mass is 35.5. The Labute approximate surface area is 136 Å². The van der Waals surface area contributed by atoms with Gasteiger partial charge in [0, 0.05) is 27.9 Å². The van der Waals surface area contributed by atoms with Gasteiger partial charge in [-0.2, -0.15) is 5.10 Å². The quantitative estimate of drug-likeness (QED) is 0.775. The molecule has 2 N–H and O–H groups in total. The maximum Gasteiger partial charge on any atom is 0.264 e. The average molecular weight is 326 g/mol. The fourth-order valence-electron chi connectivity index (χ4n) is 2.07. The van der Waals surface area contributed by atoms with Gasteiger partial charge in [0.15, 0.2) is 0 Å². The van der Waals surface area contributed by atoms with E-state index in [9.17, 15) is 9.59 Å². The van der Waals surface area contributed by atoms with Crippen LogP contribution in [0, 0.1) is 0 Å². The van der Waals surface area contributed by atoms with Crippen LogP contribution < -0.4 is 10.9 Å². The molecular formula is C17H12ClN3O2. The molecule has 1 aromatic heterocycles. The first kappa shape index (κ1) is 15.0. The molecule has 114 valence electrons. The molecule has 3 rings (SSSR count). The maximum absolute atomic E-state index is 12.2. The molecule has 23 heavy (non-hydrogen) atoms. The highest BCUT2D eigenvalue weighted by Gasteiger charge is 2.07. The Morgan fingerprint density at radius 3 is 2.52 bits per heavy atom. The Morgan fingerprint density at radius 2 is 1.83 bits per heavy atom. The van der Waals surface area contributed by atoms with Crippen LogP contribution in [0.25, 0.3) is 11.3 Å². The smallest absolute Gasteiger partial charge is 0.264 e. The van der Waals surface area contributed by atoms with Crippen molar-refractivity contribution in [2.24, 2.45) is 0 Å². The number of aromatic nitrogens is 2. The first-order chi connectivity index (χ1) is 11.1. The summed E-state index contributed by atoms with van der Waals surface area (Å²) in [6.45, 7) is 0. The van der Waals surface area contributed by atoms with Gasteiger partial charge in [-0.15, -0.1) is 0 Å². The van der Waals surface area contributed by atoms with Gasteiger partial charge in [-0.05, 0) is 42.5 Å². The number of halogens is 1. The number of benzene rings is 2. The number of rotatable bonds is 3. The van der Waals surface area contributed by atoms with Gasteiger partial charge in [0.2, 0.25) is 0 Å². The maximum atomic E-state index is 12.2. The lowest BCUT2D eigenvalue weighted by Crippen LogP contribution is -2.11. The third-order valence-corrected chi connectivity index (χ3v) is 3.45. The molecule has 0 saturated carbocycles. The van der Waals surface area contributed by atoms with Gasteiger partial charge in [-0.25, -0.2) is 5.10 Å². The molecule has 0 fully saturated rings. The molecule has 0 aliphatic rings. The van der Waals surface area contributed by atoms with E-state index < -0.39 is 0 Å². The zero-order chi connectivity index (χ0) is 16.2. The molecule has 6 heteroatoms. The second-order valence-electron chi connectivity index (χ2n) is 4.85. The molecule has 0 aliphatic heterocycles. The Bertz CT molecular complexity index is 884. The topological polar surface area (TPSA) is 74.8 Å². The lowest BCUT2D eigenvalue weighted by atomic mass is 10.1. The van der Waals surface area contributed by atoms with Gasteiger partial charge in [-0.3, -0.25) is 9.59 Å². The molecule has 1 heterocycles. The summed E-state index contributed by atoms with van der Waals surface area (Å²) < 4.78 is 0. The normalized spacial score (nSPS) is 10.3. The van der Waals surface area contributed by atoms with E-state index in [1.54, 1.807) is 48.5 Å². The molecule has 0 bridgehead atoms. The Balaban J connectivity index is 1.82. The molecule has 0 radical (unpaired) electrons. The minimum Gasteiger partial charge on any atom is -0.322 e. The van der Waals surface area contributed by atoms with Crippen LogP contribution >= 0.6 is 11.6 Å². The van der Waals surface area contributed by atoms with Crippen LogP contribution in [0.1, 0.15) is 10.4 Å². The van der Waals surface area contributed by atoms with Crippen LogP contribution in [0.2, 0.25) is 5.02 Å². The number of carbonyl (C=O) groups excluding carboxylic acids is 1. The van der Waals surface area contributed by atoms with Gasteiger partial charge < -0.3 is 5.32 Å².